The Hall–Kier alpha value is -0.570. The first-order valence-corrected chi connectivity index (χ1v) is 8.37. The molecule has 0 aliphatic heterocycles. The standard InChI is InChI=1S/C17H28O3/c1-11(10-20-16(19)12-5-6-12)13-7-8-14-15(18)4-3-9-17(13,14)2/h11-15,18H,3-10H2,1-2H3/t11-,13-,14+,15+,17-/m1/s1. The number of hydrogen-bond acceptors (Lipinski definition) is 3. The molecule has 1 N–H and O–H groups in total. The summed E-state index contributed by atoms with van der Waals surface area (Å²) >= 11 is 0. The van der Waals surface area contributed by atoms with Crippen LogP contribution in [0.2, 0.25) is 0 Å². The van der Waals surface area contributed by atoms with E-state index in [0.717, 1.165) is 32.1 Å². The van der Waals surface area contributed by atoms with Crippen molar-refractivity contribution in [1.29, 1.82) is 0 Å². The minimum absolute atomic E-state index is 0.0141. The van der Waals surface area contributed by atoms with E-state index in [-0.39, 0.29) is 23.4 Å². The average molecular weight is 280 g/mol. The second kappa shape index (κ2) is 5.32. The Balaban J connectivity index is 1.59. The van der Waals surface area contributed by atoms with Gasteiger partial charge in [0.25, 0.3) is 0 Å². The van der Waals surface area contributed by atoms with E-state index < -0.39 is 0 Å². The smallest absolute Gasteiger partial charge is 0.308 e. The fraction of sp³-hybridized carbons (Fsp3) is 0.941. The number of hydrogen-bond donors (Lipinski definition) is 1. The number of rotatable bonds is 4. The molecule has 0 radical (unpaired) electrons. The highest BCUT2D eigenvalue weighted by atomic mass is 16.5. The SMILES string of the molecule is C[C@H](COC(=O)C1CC1)[C@H]1CC[C@H]2[C@@H](O)CCC[C@]12C. The summed E-state index contributed by atoms with van der Waals surface area (Å²) in [6, 6.07) is 0. The van der Waals surface area contributed by atoms with Gasteiger partial charge in [-0.15, -0.1) is 0 Å². The molecule has 0 aromatic heterocycles. The second-order valence-corrected chi connectivity index (χ2v) is 7.64. The lowest BCUT2D eigenvalue weighted by atomic mass is 9.62. The van der Waals surface area contributed by atoms with Gasteiger partial charge in [0, 0.05) is 0 Å². The van der Waals surface area contributed by atoms with Crippen molar-refractivity contribution < 1.29 is 14.6 Å². The Morgan fingerprint density at radius 2 is 2.05 bits per heavy atom. The minimum Gasteiger partial charge on any atom is -0.465 e. The number of ether oxygens (including phenoxy) is 1. The van der Waals surface area contributed by atoms with E-state index in [4.69, 9.17) is 4.74 Å². The van der Waals surface area contributed by atoms with E-state index in [1.54, 1.807) is 0 Å². The first-order valence-electron chi connectivity index (χ1n) is 8.37. The fourth-order valence-electron chi connectivity index (χ4n) is 4.89. The van der Waals surface area contributed by atoms with Crippen LogP contribution in [0.3, 0.4) is 0 Å². The Kier molecular flexibility index (Phi) is 3.83. The summed E-state index contributed by atoms with van der Waals surface area (Å²) in [7, 11) is 0. The Bertz CT molecular complexity index is 376. The van der Waals surface area contributed by atoms with Crippen molar-refractivity contribution in [2.45, 2.75) is 64.9 Å². The predicted molar refractivity (Wildman–Crippen MR) is 77.0 cm³/mol. The summed E-state index contributed by atoms with van der Waals surface area (Å²) in [4.78, 5) is 11.7. The summed E-state index contributed by atoms with van der Waals surface area (Å²) < 4.78 is 5.49. The molecule has 3 rings (SSSR count). The zero-order valence-corrected chi connectivity index (χ0v) is 12.8. The van der Waals surface area contributed by atoms with Gasteiger partial charge in [-0.05, 0) is 61.7 Å². The summed E-state index contributed by atoms with van der Waals surface area (Å²) in [5, 5.41) is 10.3. The molecule has 3 nitrogen and oxygen atoms in total. The van der Waals surface area contributed by atoms with Gasteiger partial charge < -0.3 is 9.84 Å². The molecule has 5 atom stereocenters. The molecular formula is C17H28O3. The van der Waals surface area contributed by atoms with Gasteiger partial charge in [-0.2, -0.15) is 0 Å². The van der Waals surface area contributed by atoms with E-state index in [9.17, 15) is 9.90 Å². The highest BCUT2D eigenvalue weighted by Crippen LogP contribution is 2.57. The van der Waals surface area contributed by atoms with Crippen molar-refractivity contribution in [3.8, 4) is 0 Å². The molecule has 0 heterocycles. The molecule has 20 heavy (non-hydrogen) atoms. The molecule has 3 fully saturated rings. The van der Waals surface area contributed by atoms with Crippen molar-refractivity contribution in [2.24, 2.45) is 29.1 Å². The Morgan fingerprint density at radius 3 is 2.75 bits per heavy atom. The molecule has 3 heteroatoms. The molecule has 3 saturated carbocycles. The highest BCUT2D eigenvalue weighted by Gasteiger charge is 2.52. The van der Waals surface area contributed by atoms with Gasteiger partial charge in [-0.1, -0.05) is 20.3 Å². The zero-order valence-electron chi connectivity index (χ0n) is 12.8. The fourth-order valence-corrected chi connectivity index (χ4v) is 4.89. The highest BCUT2D eigenvalue weighted by molar-refractivity contribution is 5.74. The molecule has 0 saturated heterocycles. The number of fused-ring (bicyclic) bond motifs is 1. The molecule has 3 aliphatic carbocycles. The predicted octanol–water partition coefficient (Wildman–Crippen LogP) is 3.15. The van der Waals surface area contributed by atoms with E-state index in [2.05, 4.69) is 13.8 Å². The number of esters is 1. The third kappa shape index (κ3) is 2.49. The van der Waals surface area contributed by atoms with Crippen LogP contribution >= 0.6 is 0 Å². The van der Waals surface area contributed by atoms with E-state index >= 15 is 0 Å². The molecule has 3 aliphatic rings. The van der Waals surface area contributed by atoms with Gasteiger partial charge in [0.05, 0.1) is 18.6 Å². The number of carbonyl (C=O) groups is 1. The topological polar surface area (TPSA) is 46.5 Å². The van der Waals surface area contributed by atoms with E-state index in [1.165, 1.54) is 12.8 Å². The summed E-state index contributed by atoms with van der Waals surface area (Å²) in [6.07, 6.45) is 7.58. The zero-order chi connectivity index (χ0) is 14.3. The van der Waals surface area contributed by atoms with Crippen molar-refractivity contribution in [1.82, 2.24) is 0 Å². The van der Waals surface area contributed by atoms with Gasteiger partial charge in [0.2, 0.25) is 0 Å². The number of carbonyl (C=O) groups excluding carboxylic acids is 1. The first-order chi connectivity index (χ1) is 9.52. The lowest BCUT2D eigenvalue weighted by molar-refractivity contribution is -0.147. The molecule has 0 aromatic rings. The quantitative estimate of drug-likeness (QED) is 0.805. The van der Waals surface area contributed by atoms with Crippen molar-refractivity contribution in [3.05, 3.63) is 0 Å². The van der Waals surface area contributed by atoms with Crippen LogP contribution in [0.25, 0.3) is 0 Å². The average Bonchev–Trinajstić information content (AvgIpc) is 3.18. The van der Waals surface area contributed by atoms with E-state index in [1.807, 2.05) is 0 Å². The maximum Gasteiger partial charge on any atom is 0.308 e. The van der Waals surface area contributed by atoms with Crippen molar-refractivity contribution >= 4 is 5.97 Å². The summed E-state index contributed by atoms with van der Waals surface area (Å²) in [6.45, 7) is 5.15. The van der Waals surface area contributed by atoms with Crippen LogP contribution in [0.5, 0.6) is 0 Å². The minimum atomic E-state index is -0.111. The molecule has 114 valence electrons. The van der Waals surface area contributed by atoms with Crippen LogP contribution in [-0.4, -0.2) is 23.8 Å². The monoisotopic (exact) mass is 280 g/mol. The van der Waals surface area contributed by atoms with Gasteiger partial charge in [0.15, 0.2) is 0 Å². The third-order valence-corrected chi connectivity index (χ3v) is 6.25. The second-order valence-electron chi connectivity index (χ2n) is 7.64. The van der Waals surface area contributed by atoms with Crippen LogP contribution in [-0.2, 0) is 9.53 Å². The first kappa shape index (κ1) is 14.4. The van der Waals surface area contributed by atoms with Crippen LogP contribution < -0.4 is 0 Å². The maximum absolute atomic E-state index is 11.7. The lowest BCUT2D eigenvalue weighted by Gasteiger charge is -2.45. The Labute approximate surface area is 122 Å². The summed E-state index contributed by atoms with van der Waals surface area (Å²) in [5.74, 6) is 1.68. The molecule has 0 aromatic carbocycles. The molecule has 0 unspecified atom stereocenters. The van der Waals surface area contributed by atoms with Crippen LogP contribution in [0, 0.1) is 29.1 Å². The van der Waals surface area contributed by atoms with E-state index in [0.29, 0.717) is 24.4 Å². The van der Waals surface area contributed by atoms with Crippen LogP contribution in [0.4, 0.5) is 0 Å². The largest absolute Gasteiger partial charge is 0.465 e. The molecule has 0 bridgehead atoms. The Morgan fingerprint density at radius 1 is 1.30 bits per heavy atom. The normalized spacial score (nSPS) is 42.0. The lowest BCUT2D eigenvalue weighted by Crippen LogP contribution is -2.42. The van der Waals surface area contributed by atoms with Crippen molar-refractivity contribution in [2.75, 3.05) is 6.61 Å². The van der Waals surface area contributed by atoms with Gasteiger partial charge >= 0.3 is 5.97 Å². The molecular weight excluding hydrogens is 252 g/mol. The molecule has 0 amide bonds. The molecule has 0 spiro atoms. The third-order valence-electron chi connectivity index (χ3n) is 6.25. The van der Waals surface area contributed by atoms with Gasteiger partial charge in [-0.3, -0.25) is 4.79 Å². The van der Waals surface area contributed by atoms with Gasteiger partial charge in [-0.25, -0.2) is 0 Å². The van der Waals surface area contributed by atoms with Crippen LogP contribution in [0.1, 0.15) is 58.8 Å². The maximum atomic E-state index is 11.7. The van der Waals surface area contributed by atoms with Gasteiger partial charge in [0.1, 0.15) is 0 Å². The van der Waals surface area contributed by atoms with Crippen molar-refractivity contribution in [3.63, 3.8) is 0 Å². The summed E-state index contributed by atoms with van der Waals surface area (Å²) in [5.41, 5.74) is 0.253. The number of aliphatic hydroxyl groups excluding tert-OH is 1. The number of aliphatic hydroxyl groups is 1. The van der Waals surface area contributed by atoms with Crippen LogP contribution in [0.15, 0.2) is 0 Å².